The molecule has 3 rings (SSSR count). The fourth-order valence-corrected chi connectivity index (χ4v) is 3.53. The summed E-state index contributed by atoms with van der Waals surface area (Å²) in [5.74, 6) is 0.580. The highest BCUT2D eigenvalue weighted by molar-refractivity contribution is 7.90. The van der Waals surface area contributed by atoms with Gasteiger partial charge in [0.15, 0.2) is 9.84 Å². The van der Waals surface area contributed by atoms with E-state index in [9.17, 15) is 13.2 Å². The number of nitrogens with zero attached hydrogens (tertiary/aromatic N) is 1. The van der Waals surface area contributed by atoms with Crippen LogP contribution in [0.1, 0.15) is 47.5 Å². The maximum atomic E-state index is 13.2. The second kappa shape index (κ2) is 6.09. The zero-order valence-electron chi connectivity index (χ0n) is 14.0. The van der Waals surface area contributed by atoms with E-state index in [1.165, 1.54) is 6.07 Å². The summed E-state index contributed by atoms with van der Waals surface area (Å²) in [5, 5.41) is 0. The van der Waals surface area contributed by atoms with Crippen molar-refractivity contribution >= 4 is 15.7 Å². The van der Waals surface area contributed by atoms with Crippen molar-refractivity contribution in [2.75, 3.05) is 6.26 Å². The second-order valence-electron chi connectivity index (χ2n) is 6.38. The normalized spacial score (nSPS) is 16.0. The lowest BCUT2D eigenvalue weighted by atomic mass is 10.1. The summed E-state index contributed by atoms with van der Waals surface area (Å²) in [6.45, 7) is 3.76. The average Bonchev–Trinajstić information content (AvgIpc) is 3.18. The van der Waals surface area contributed by atoms with E-state index in [0.717, 1.165) is 30.4 Å². The molecule has 0 unspecified atom stereocenters. The van der Waals surface area contributed by atoms with Crippen LogP contribution < -0.4 is 0 Å². The number of sulfone groups is 1. The smallest absolute Gasteiger partial charge is 0.255 e. The van der Waals surface area contributed by atoms with Crippen molar-refractivity contribution in [2.45, 2.75) is 43.7 Å². The summed E-state index contributed by atoms with van der Waals surface area (Å²) < 4.78 is 29.1. The molecule has 1 heterocycles. The number of carbonyl (C=O) groups excluding carboxylic acids is 1. The van der Waals surface area contributed by atoms with Crippen molar-refractivity contribution in [1.29, 1.82) is 0 Å². The number of aryl methyl sites for hydroxylation is 1. The second-order valence-corrected chi connectivity index (χ2v) is 8.40. The van der Waals surface area contributed by atoms with Crippen LogP contribution in [0.5, 0.6) is 0 Å². The van der Waals surface area contributed by atoms with Crippen molar-refractivity contribution in [2.24, 2.45) is 0 Å². The topological polar surface area (TPSA) is 67.6 Å². The van der Waals surface area contributed by atoms with Gasteiger partial charge in [-0.05, 0) is 56.5 Å². The molecule has 24 heavy (non-hydrogen) atoms. The van der Waals surface area contributed by atoms with Gasteiger partial charge in [-0.15, -0.1) is 0 Å². The fourth-order valence-electron chi connectivity index (χ4n) is 2.88. The molecule has 0 saturated heterocycles. The van der Waals surface area contributed by atoms with Crippen molar-refractivity contribution in [3.8, 4) is 0 Å². The van der Waals surface area contributed by atoms with Crippen LogP contribution in [-0.2, 0) is 9.84 Å². The lowest BCUT2D eigenvalue weighted by Crippen LogP contribution is -2.36. The zero-order chi connectivity index (χ0) is 17.5. The van der Waals surface area contributed by atoms with Gasteiger partial charge in [-0.1, -0.05) is 6.07 Å². The Bertz CT molecular complexity index is 851. The minimum Gasteiger partial charge on any atom is -0.467 e. The summed E-state index contributed by atoms with van der Waals surface area (Å²) in [6.07, 6.45) is 4.66. The molecular weight excluding hydrogens is 326 g/mol. The van der Waals surface area contributed by atoms with Crippen LogP contribution in [0.3, 0.4) is 0 Å². The van der Waals surface area contributed by atoms with E-state index in [1.54, 1.807) is 24.5 Å². The Kier molecular flexibility index (Phi) is 4.25. The van der Waals surface area contributed by atoms with Gasteiger partial charge in [0, 0.05) is 17.9 Å². The van der Waals surface area contributed by atoms with Gasteiger partial charge < -0.3 is 9.32 Å². The van der Waals surface area contributed by atoms with Gasteiger partial charge >= 0.3 is 0 Å². The highest BCUT2D eigenvalue weighted by atomic mass is 32.2. The van der Waals surface area contributed by atoms with E-state index < -0.39 is 9.84 Å². The van der Waals surface area contributed by atoms with Crippen LogP contribution in [0.25, 0.3) is 0 Å². The molecule has 1 atom stereocenters. The van der Waals surface area contributed by atoms with Gasteiger partial charge in [0.2, 0.25) is 0 Å². The van der Waals surface area contributed by atoms with E-state index in [4.69, 9.17) is 4.42 Å². The van der Waals surface area contributed by atoms with E-state index in [-0.39, 0.29) is 22.9 Å². The third kappa shape index (κ3) is 3.24. The molecule has 1 amide bonds. The van der Waals surface area contributed by atoms with Gasteiger partial charge in [0.05, 0.1) is 17.2 Å². The molecule has 0 aliphatic heterocycles. The third-order valence-corrected chi connectivity index (χ3v) is 5.52. The summed E-state index contributed by atoms with van der Waals surface area (Å²) in [6, 6.07) is 8.35. The lowest BCUT2D eigenvalue weighted by Gasteiger charge is -2.29. The first-order valence-electron chi connectivity index (χ1n) is 7.96. The van der Waals surface area contributed by atoms with Crippen molar-refractivity contribution in [1.82, 2.24) is 4.90 Å². The Balaban J connectivity index is 1.99. The maximum Gasteiger partial charge on any atom is 0.255 e. The Labute approximate surface area is 142 Å². The Morgan fingerprint density at radius 2 is 2.00 bits per heavy atom. The Morgan fingerprint density at radius 1 is 1.29 bits per heavy atom. The molecule has 0 bridgehead atoms. The van der Waals surface area contributed by atoms with Crippen LogP contribution in [-0.4, -0.2) is 31.5 Å². The molecular formula is C18H21NO4S. The molecule has 1 aliphatic carbocycles. The number of rotatable bonds is 5. The molecule has 1 aromatic heterocycles. The number of hydrogen-bond acceptors (Lipinski definition) is 4. The molecule has 5 nitrogen and oxygen atoms in total. The number of amides is 1. The van der Waals surface area contributed by atoms with Gasteiger partial charge in [-0.25, -0.2) is 8.42 Å². The van der Waals surface area contributed by atoms with E-state index in [1.807, 2.05) is 24.8 Å². The number of benzene rings is 1. The van der Waals surface area contributed by atoms with Crippen molar-refractivity contribution in [3.05, 3.63) is 53.5 Å². The number of carbonyl (C=O) groups is 1. The van der Waals surface area contributed by atoms with Gasteiger partial charge in [0.25, 0.3) is 5.91 Å². The van der Waals surface area contributed by atoms with Crippen molar-refractivity contribution in [3.63, 3.8) is 0 Å². The predicted octanol–water partition coefficient (Wildman–Crippen LogP) is 3.36. The molecule has 2 aromatic rings. The van der Waals surface area contributed by atoms with E-state index in [0.29, 0.717) is 5.56 Å². The summed E-state index contributed by atoms with van der Waals surface area (Å²) in [4.78, 5) is 15.1. The van der Waals surface area contributed by atoms with Gasteiger partial charge in [-0.3, -0.25) is 4.79 Å². The number of furan rings is 1. The summed E-state index contributed by atoms with van der Waals surface area (Å²) in [7, 11) is -3.36. The monoisotopic (exact) mass is 347 g/mol. The summed E-state index contributed by atoms with van der Waals surface area (Å²) >= 11 is 0. The molecule has 0 N–H and O–H groups in total. The Morgan fingerprint density at radius 3 is 2.54 bits per heavy atom. The molecule has 6 heteroatoms. The summed E-state index contributed by atoms with van der Waals surface area (Å²) in [5.41, 5.74) is 1.20. The van der Waals surface area contributed by atoms with Crippen LogP contribution >= 0.6 is 0 Å². The first-order chi connectivity index (χ1) is 11.3. The van der Waals surface area contributed by atoms with Gasteiger partial charge in [0.1, 0.15) is 5.76 Å². The first kappa shape index (κ1) is 16.8. The third-order valence-electron chi connectivity index (χ3n) is 4.41. The van der Waals surface area contributed by atoms with Crippen molar-refractivity contribution < 1.29 is 17.6 Å². The molecule has 0 radical (unpaired) electrons. The largest absolute Gasteiger partial charge is 0.467 e. The molecule has 128 valence electrons. The maximum absolute atomic E-state index is 13.2. The Hall–Kier alpha value is -2.08. The van der Waals surface area contributed by atoms with Crippen LogP contribution in [0.2, 0.25) is 0 Å². The highest BCUT2D eigenvalue weighted by Gasteiger charge is 2.38. The molecule has 1 aliphatic rings. The van der Waals surface area contributed by atoms with Crippen LogP contribution in [0.15, 0.2) is 45.9 Å². The quantitative estimate of drug-likeness (QED) is 0.832. The zero-order valence-corrected chi connectivity index (χ0v) is 14.8. The molecule has 1 saturated carbocycles. The van der Waals surface area contributed by atoms with E-state index in [2.05, 4.69) is 0 Å². The standard InChI is InChI=1S/C18H21NO4S/c1-12-6-9-15(24(3,21)22)11-16(12)18(20)19(14-7-8-14)13(2)17-5-4-10-23-17/h4-6,9-11,13-14H,7-8H2,1-3H3/t13-/m0/s1. The SMILES string of the molecule is Cc1ccc(S(C)(=O)=O)cc1C(=O)N(C1CC1)[C@@H](C)c1ccco1. The minimum atomic E-state index is -3.36. The van der Waals surface area contributed by atoms with E-state index >= 15 is 0 Å². The average molecular weight is 347 g/mol. The molecule has 1 fully saturated rings. The lowest BCUT2D eigenvalue weighted by molar-refractivity contribution is 0.0651. The molecule has 0 spiro atoms. The number of hydrogen-bond donors (Lipinski definition) is 0. The minimum absolute atomic E-state index is 0.149. The molecule has 1 aromatic carbocycles. The predicted molar refractivity (Wildman–Crippen MR) is 90.6 cm³/mol. The van der Waals surface area contributed by atoms with Gasteiger partial charge in [-0.2, -0.15) is 0 Å². The van der Waals surface area contributed by atoms with Crippen LogP contribution in [0.4, 0.5) is 0 Å². The van der Waals surface area contributed by atoms with Crippen LogP contribution in [0, 0.1) is 6.92 Å². The fraction of sp³-hybridized carbons (Fsp3) is 0.389. The highest BCUT2D eigenvalue weighted by Crippen LogP contribution is 2.36. The first-order valence-corrected chi connectivity index (χ1v) is 9.85.